The van der Waals surface area contributed by atoms with Crippen molar-refractivity contribution in [3.63, 3.8) is 0 Å². The molecule has 1 fully saturated rings. The van der Waals surface area contributed by atoms with Crippen LogP contribution in [-0.4, -0.2) is 74.9 Å². The SMILES string of the molecule is COC(=O)C(N)COCCCN1CCN(C2=Cc3ccccc3Nc3sc(C)cc32)CC1. The maximum Gasteiger partial charge on any atom is 0.325 e. The number of aryl methyl sites for hydroxylation is 1. The number of thiophene rings is 1. The summed E-state index contributed by atoms with van der Waals surface area (Å²) in [6, 6.07) is 10.1. The van der Waals surface area contributed by atoms with Crippen molar-refractivity contribution in [2.24, 2.45) is 5.73 Å². The summed E-state index contributed by atoms with van der Waals surface area (Å²) in [4.78, 5) is 17.6. The van der Waals surface area contributed by atoms with Crippen LogP contribution in [0.5, 0.6) is 0 Å². The summed E-state index contributed by atoms with van der Waals surface area (Å²) in [7, 11) is 1.34. The van der Waals surface area contributed by atoms with Gasteiger partial charge in [-0.25, -0.2) is 0 Å². The Labute approximate surface area is 193 Å². The molecule has 2 aliphatic heterocycles. The summed E-state index contributed by atoms with van der Waals surface area (Å²) in [6.07, 6.45) is 3.25. The molecule has 2 aliphatic rings. The first kappa shape index (κ1) is 22.8. The molecule has 1 aromatic carbocycles. The Morgan fingerprint density at radius 3 is 2.81 bits per heavy atom. The molecular weight excluding hydrogens is 424 g/mol. The van der Waals surface area contributed by atoms with Crippen LogP contribution in [-0.2, 0) is 14.3 Å². The number of anilines is 2. The summed E-state index contributed by atoms with van der Waals surface area (Å²) < 4.78 is 10.1. The molecule has 32 heavy (non-hydrogen) atoms. The molecule has 0 bridgehead atoms. The summed E-state index contributed by atoms with van der Waals surface area (Å²) in [6.45, 7) is 7.98. The fraction of sp³-hybridized carbons (Fsp3) is 0.458. The normalized spacial score (nSPS) is 17.0. The van der Waals surface area contributed by atoms with Gasteiger partial charge in [0.05, 0.1) is 13.7 Å². The van der Waals surface area contributed by atoms with Crippen molar-refractivity contribution in [2.75, 3.05) is 58.4 Å². The van der Waals surface area contributed by atoms with E-state index in [0.717, 1.165) is 44.8 Å². The fourth-order valence-corrected chi connectivity index (χ4v) is 5.11. The smallest absolute Gasteiger partial charge is 0.325 e. The lowest BCUT2D eigenvalue weighted by Crippen LogP contribution is -2.45. The Bertz CT molecular complexity index is 966. The monoisotopic (exact) mass is 456 g/mol. The lowest BCUT2D eigenvalue weighted by atomic mass is 10.1. The molecule has 0 amide bonds. The average molecular weight is 457 g/mol. The topological polar surface area (TPSA) is 80.1 Å². The standard InChI is InChI=1S/C24H32N4O3S/c1-17-14-19-22(15-18-6-3-4-7-21(18)26-23(19)32-17)28-11-9-27(10-12-28)8-5-13-31-16-20(25)24(29)30-2/h3-4,6-7,14-15,20,26H,5,8-13,16,25H2,1-2H3. The van der Waals surface area contributed by atoms with Gasteiger partial charge in [-0.1, -0.05) is 18.2 Å². The van der Waals surface area contributed by atoms with Gasteiger partial charge in [0.1, 0.15) is 11.0 Å². The minimum atomic E-state index is -0.707. The molecule has 4 rings (SSSR count). The molecule has 1 saturated heterocycles. The number of hydrogen-bond donors (Lipinski definition) is 2. The molecule has 1 unspecified atom stereocenters. The van der Waals surface area contributed by atoms with Crippen LogP contribution in [0.4, 0.5) is 10.7 Å². The van der Waals surface area contributed by atoms with Gasteiger partial charge < -0.3 is 25.4 Å². The van der Waals surface area contributed by atoms with Crippen molar-refractivity contribution < 1.29 is 14.3 Å². The van der Waals surface area contributed by atoms with Crippen LogP contribution in [0.3, 0.4) is 0 Å². The van der Waals surface area contributed by atoms with Crippen molar-refractivity contribution in [1.82, 2.24) is 9.80 Å². The molecule has 8 heteroatoms. The van der Waals surface area contributed by atoms with Crippen LogP contribution in [0.15, 0.2) is 30.3 Å². The third kappa shape index (κ3) is 5.32. The first-order chi connectivity index (χ1) is 15.5. The van der Waals surface area contributed by atoms with E-state index in [9.17, 15) is 4.79 Å². The highest BCUT2D eigenvalue weighted by atomic mass is 32.1. The maximum absolute atomic E-state index is 11.3. The number of nitrogens with one attached hydrogen (secondary N) is 1. The lowest BCUT2D eigenvalue weighted by molar-refractivity contribution is -0.143. The van der Waals surface area contributed by atoms with E-state index >= 15 is 0 Å². The molecule has 0 spiro atoms. The minimum absolute atomic E-state index is 0.201. The molecule has 0 radical (unpaired) electrons. The number of ether oxygens (including phenoxy) is 2. The van der Waals surface area contributed by atoms with Gasteiger partial charge in [-0.2, -0.15) is 0 Å². The zero-order valence-electron chi connectivity index (χ0n) is 18.8. The van der Waals surface area contributed by atoms with E-state index in [1.807, 2.05) is 11.3 Å². The van der Waals surface area contributed by atoms with Crippen molar-refractivity contribution in [3.8, 4) is 0 Å². The number of piperazine rings is 1. The van der Waals surface area contributed by atoms with Gasteiger partial charge in [-0.3, -0.25) is 9.69 Å². The molecule has 1 atom stereocenters. The largest absolute Gasteiger partial charge is 0.468 e. The Kier molecular flexibility index (Phi) is 7.47. The minimum Gasteiger partial charge on any atom is -0.468 e. The molecule has 3 heterocycles. The number of benzene rings is 1. The summed E-state index contributed by atoms with van der Waals surface area (Å²) >= 11 is 1.82. The van der Waals surface area contributed by atoms with Gasteiger partial charge in [-0.05, 0) is 31.6 Å². The van der Waals surface area contributed by atoms with Crippen LogP contribution in [0.25, 0.3) is 11.8 Å². The molecule has 3 N–H and O–H groups in total. The highest BCUT2D eigenvalue weighted by molar-refractivity contribution is 7.16. The Hall–Kier alpha value is -2.39. The van der Waals surface area contributed by atoms with Gasteiger partial charge in [0.2, 0.25) is 0 Å². The highest BCUT2D eigenvalue weighted by Crippen LogP contribution is 2.41. The number of esters is 1. The Morgan fingerprint density at radius 1 is 1.25 bits per heavy atom. The number of para-hydroxylation sites is 1. The van der Waals surface area contributed by atoms with E-state index in [0.29, 0.717) is 6.61 Å². The van der Waals surface area contributed by atoms with Crippen LogP contribution in [0, 0.1) is 6.92 Å². The van der Waals surface area contributed by atoms with Crippen molar-refractivity contribution in [1.29, 1.82) is 0 Å². The average Bonchev–Trinajstić information content (AvgIpc) is 3.10. The van der Waals surface area contributed by atoms with Gasteiger partial charge in [0, 0.05) is 66.7 Å². The Balaban J connectivity index is 1.31. The van der Waals surface area contributed by atoms with Gasteiger partial charge in [-0.15, -0.1) is 11.3 Å². The number of carbonyl (C=O) groups is 1. The number of rotatable bonds is 8. The summed E-state index contributed by atoms with van der Waals surface area (Å²) in [5.41, 5.74) is 10.7. The fourth-order valence-electron chi connectivity index (χ4n) is 4.18. The van der Waals surface area contributed by atoms with E-state index in [1.54, 1.807) is 0 Å². The second-order valence-corrected chi connectivity index (χ2v) is 9.48. The molecule has 7 nitrogen and oxygen atoms in total. The van der Waals surface area contributed by atoms with E-state index < -0.39 is 12.0 Å². The van der Waals surface area contributed by atoms with Crippen LogP contribution in [0.1, 0.15) is 22.4 Å². The molecule has 2 aromatic rings. The number of carbonyl (C=O) groups excluding carboxylic acids is 1. The van der Waals surface area contributed by atoms with Crippen molar-refractivity contribution in [2.45, 2.75) is 19.4 Å². The van der Waals surface area contributed by atoms with Gasteiger partial charge >= 0.3 is 5.97 Å². The van der Waals surface area contributed by atoms with E-state index in [1.165, 1.54) is 33.8 Å². The van der Waals surface area contributed by atoms with Crippen LogP contribution in [0.2, 0.25) is 0 Å². The van der Waals surface area contributed by atoms with Gasteiger partial charge in [0.15, 0.2) is 0 Å². The molecule has 172 valence electrons. The number of hydrogen-bond acceptors (Lipinski definition) is 8. The third-order valence-corrected chi connectivity index (χ3v) is 6.88. The Morgan fingerprint density at radius 2 is 2.03 bits per heavy atom. The first-order valence-corrected chi connectivity index (χ1v) is 11.9. The van der Waals surface area contributed by atoms with Crippen LogP contribution >= 0.6 is 11.3 Å². The first-order valence-electron chi connectivity index (χ1n) is 11.1. The number of nitrogens with zero attached hydrogens (tertiary/aromatic N) is 2. The second-order valence-electron chi connectivity index (χ2n) is 8.23. The maximum atomic E-state index is 11.3. The predicted molar refractivity (Wildman–Crippen MR) is 130 cm³/mol. The van der Waals surface area contributed by atoms with E-state index in [2.05, 4.69) is 63.2 Å². The van der Waals surface area contributed by atoms with E-state index in [4.69, 9.17) is 10.5 Å². The van der Waals surface area contributed by atoms with Gasteiger partial charge in [0.25, 0.3) is 0 Å². The quantitative estimate of drug-likeness (QED) is 0.467. The zero-order chi connectivity index (χ0) is 22.5. The second kappa shape index (κ2) is 10.5. The molecule has 1 aromatic heterocycles. The molecule has 0 saturated carbocycles. The molecular formula is C24H32N4O3S. The number of methoxy groups -OCH3 is 1. The van der Waals surface area contributed by atoms with Crippen molar-refractivity contribution >= 4 is 39.8 Å². The van der Waals surface area contributed by atoms with Crippen molar-refractivity contribution in [3.05, 3.63) is 46.3 Å². The number of nitrogens with two attached hydrogens (primary N) is 1. The summed E-state index contributed by atoms with van der Waals surface area (Å²) in [5.74, 6) is -0.435. The number of fused-ring (bicyclic) bond motifs is 2. The van der Waals surface area contributed by atoms with E-state index in [-0.39, 0.29) is 6.61 Å². The highest BCUT2D eigenvalue weighted by Gasteiger charge is 2.24. The summed E-state index contributed by atoms with van der Waals surface area (Å²) in [5, 5.41) is 4.86. The predicted octanol–water partition coefficient (Wildman–Crippen LogP) is 3.14. The molecule has 0 aliphatic carbocycles. The lowest BCUT2D eigenvalue weighted by Gasteiger charge is -2.37. The zero-order valence-corrected chi connectivity index (χ0v) is 19.6. The third-order valence-electron chi connectivity index (χ3n) is 5.91. The van der Waals surface area contributed by atoms with Crippen LogP contribution < -0.4 is 11.1 Å².